The summed E-state index contributed by atoms with van der Waals surface area (Å²) in [5.74, 6) is 1.61. The average molecular weight is 431 g/mol. The van der Waals surface area contributed by atoms with Crippen LogP contribution in [-0.2, 0) is 17.9 Å². The number of anilines is 1. The van der Waals surface area contributed by atoms with Crippen molar-refractivity contribution < 1.29 is 9.53 Å². The Morgan fingerprint density at radius 3 is 2.76 bits per heavy atom. The van der Waals surface area contributed by atoms with Gasteiger partial charge in [0.1, 0.15) is 12.4 Å². The van der Waals surface area contributed by atoms with Gasteiger partial charge in [0.25, 0.3) is 0 Å². The number of amides is 1. The molecule has 6 nitrogen and oxygen atoms in total. The summed E-state index contributed by atoms with van der Waals surface area (Å²) >= 11 is 7.40. The maximum Gasteiger partial charge on any atom is 0.234 e. The molecule has 0 fully saturated rings. The van der Waals surface area contributed by atoms with Gasteiger partial charge in [0, 0.05) is 17.3 Å². The van der Waals surface area contributed by atoms with Crippen LogP contribution in [0.3, 0.4) is 0 Å². The van der Waals surface area contributed by atoms with Crippen LogP contribution in [0, 0.1) is 13.8 Å². The Balaban J connectivity index is 1.58. The minimum Gasteiger partial charge on any atom is -0.486 e. The van der Waals surface area contributed by atoms with Crippen molar-refractivity contribution in [2.24, 2.45) is 0 Å². The molecule has 0 spiro atoms. The Kier molecular flexibility index (Phi) is 7.17. The second-order valence-electron chi connectivity index (χ2n) is 6.55. The zero-order chi connectivity index (χ0) is 20.8. The van der Waals surface area contributed by atoms with E-state index in [0.29, 0.717) is 22.5 Å². The van der Waals surface area contributed by atoms with Crippen LogP contribution in [0.4, 0.5) is 5.69 Å². The smallest absolute Gasteiger partial charge is 0.234 e. The first-order chi connectivity index (χ1) is 14.0. The predicted octanol–water partition coefficient (Wildman–Crippen LogP) is 4.88. The molecular weight excluding hydrogens is 408 g/mol. The van der Waals surface area contributed by atoms with Gasteiger partial charge in [-0.25, -0.2) is 0 Å². The number of ether oxygens (including phenoxy) is 1. The van der Waals surface area contributed by atoms with E-state index in [1.165, 1.54) is 11.8 Å². The highest BCUT2D eigenvalue weighted by molar-refractivity contribution is 7.99. The Morgan fingerprint density at radius 2 is 2.03 bits per heavy atom. The summed E-state index contributed by atoms with van der Waals surface area (Å²) in [6.07, 6.45) is 0. The van der Waals surface area contributed by atoms with E-state index in [1.54, 1.807) is 0 Å². The third-order valence-corrected chi connectivity index (χ3v) is 5.63. The number of thioether (sulfide) groups is 1. The molecule has 0 radical (unpaired) electrons. The van der Waals surface area contributed by atoms with E-state index in [9.17, 15) is 4.79 Å². The van der Waals surface area contributed by atoms with Gasteiger partial charge in [-0.05, 0) is 62.2 Å². The highest BCUT2D eigenvalue weighted by Crippen LogP contribution is 2.23. The van der Waals surface area contributed by atoms with Crippen LogP contribution < -0.4 is 10.1 Å². The zero-order valence-electron chi connectivity index (χ0n) is 16.6. The van der Waals surface area contributed by atoms with Crippen LogP contribution in [-0.4, -0.2) is 26.4 Å². The lowest BCUT2D eigenvalue weighted by Gasteiger charge is -2.10. The number of aromatic nitrogens is 3. The van der Waals surface area contributed by atoms with Crippen molar-refractivity contribution in [3.63, 3.8) is 0 Å². The van der Waals surface area contributed by atoms with E-state index >= 15 is 0 Å². The summed E-state index contributed by atoms with van der Waals surface area (Å²) in [5.41, 5.74) is 2.85. The van der Waals surface area contributed by atoms with Crippen LogP contribution in [0.2, 0.25) is 5.02 Å². The molecule has 0 atom stereocenters. The molecule has 1 N–H and O–H groups in total. The van der Waals surface area contributed by atoms with Crippen LogP contribution in [0.1, 0.15) is 23.9 Å². The molecule has 0 aliphatic carbocycles. The van der Waals surface area contributed by atoms with Crippen molar-refractivity contribution >= 4 is 35.0 Å². The summed E-state index contributed by atoms with van der Waals surface area (Å²) in [4.78, 5) is 12.2. The summed E-state index contributed by atoms with van der Waals surface area (Å²) in [6, 6.07) is 13.2. The van der Waals surface area contributed by atoms with Gasteiger partial charge >= 0.3 is 0 Å². The highest BCUT2D eigenvalue weighted by atomic mass is 35.5. The number of aryl methyl sites for hydroxylation is 2. The quantitative estimate of drug-likeness (QED) is 0.516. The number of carbonyl (C=O) groups is 1. The molecule has 152 valence electrons. The minimum absolute atomic E-state index is 0.0827. The highest BCUT2D eigenvalue weighted by Gasteiger charge is 2.14. The fourth-order valence-corrected chi connectivity index (χ4v) is 3.69. The number of hydrogen-bond donors (Lipinski definition) is 1. The maximum absolute atomic E-state index is 12.2. The Bertz CT molecular complexity index is 1010. The molecule has 0 saturated heterocycles. The molecule has 0 unspecified atom stereocenters. The van der Waals surface area contributed by atoms with E-state index in [4.69, 9.17) is 16.3 Å². The Labute approximate surface area is 179 Å². The molecule has 8 heteroatoms. The van der Waals surface area contributed by atoms with Crippen LogP contribution in [0.25, 0.3) is 0 Å². The lowest BCUT2D eigenvalue weighted by atomic mass is 10.2. The van der Waals surface area contributed by atoms with Crippen molar-refractivity contribution in [2.45, 2.75) is 39.1 Å². The van der Waals surface area contributed by atoms with Gasteiger partial charge in [-0.15, -0.1) is 10.2 Å². The molecule has 1 heterocycles. The topological polar surface area (TPSA) is 69.0 Å². The number of nitrogens with one attached hydrogen (secondary N) is 1. The van der Waals surface area contributed by atoms with Gasteiger partial charge in [0.2, 0.25) is 5.91 Å². The maximum atomic E-state index is 12.2. The standard InChI is InChI=1S/C21H23ClN4O2S/c1-4-26-19(12-28-17-8-9-18(22)15(3)11-17)24-25-21(26)29-13-20(27)23-16-7-5-6-14(2)10-16/h5-11H,4,12-13H2,1-3H3,(H,23,27). The first-order valence-corrected chi connectivity index (χ1v) is 10.6. The number of halogens is 1. The molecule has 3 aromatic rings. The molecule has 0 aliphatic rings. The molecule has 0 saturated carbocycles. The molecule has 1 amide bonds. The van der Waals surface area contributed by atoms with Crippen molar-refractivity contribution in [1.29, 1.82) is 0 Å². The molecular formula is C21H23ClN4O2S. The third-order valence-electron chi connectivity index (χ3n) is 4.24. The van der Waals surface area contributed by atoms with Gasteiger partial charge < -0.3 is 14.6 Å². The SMILES string of the molecule is CCn1c(COc2ccc(Cl)c(C)c2)nnc1SCC(=O)Nc1cccc(C)c1. The second-order valence-corrected chi connectivity index (χ2v) is 7.90. The number of hydrogen-bond acceptors (Lipinski definition) is 5. The molecule has 2 aromatic carbocycles. The van der Waals surface area contributed by atoms with E-state index < -0.39 is 0 Å². The minimum atomic E-state index is -0.0827. The van der Waals surface area contributed by atoms with Crippen LogP contribution in [0.5, 0.6) is 5.75 Å². The summed E-state index contributed by atoms with van der Waals surface area (Å²) in [5, 5.41) is 12.7. The lowest BCUT2D eigenvalue weighted by Crippen LogP contribution is -2.15. The molecule has 0 aliphatic heterocycles. The van der Waals surface area contributed by atoms with Gasteiger partial charge in [-0.3, -0.25) is 4.79 Å². The van der Waals surface area contributed by atoms with Gasteiger partial charge in [0.05, 0.1) is 5.75 Å². The second kappa shape index (κ2) is 9.80. The van der Waals surface area contributed by atoms with Crippen molar-refractivity contribution in [1.82, 2.24) is 14.8 Å². The van der Waals surface area contributed by atoms with Crippen LogP contribution in [0.15, 0.2) is 47.6 Å². The van der Waals surface area contributed by atoms with E-state index in [-0.39, 0.29) is 18.3 Å². The molecule has 1 aromatic heterocycles. The number of benzene rings is 2. The summed E-state index contributed by atoms with van der Waals surface area (Å²) in [6.45, 7) is 6.91. The number of carbonyl (C=O) groups excluding carboxylic acids is 1. The molecule has 0 bridgehead atoms. The fourth-order valence-electron chi connectivity index (χ4n) is 2.76. The lowest BCUT2D eigenvalue weighted by molar-refractivity contribution is -0.113. The number of rotatable bonds is 8. The first-order valence-electron chi connectivity index (χ1n) is 9.26. The van der Waals surface area contributed by atoms with Gasteiger partial charge in [-0.1, -0.05) is 35.5 Å². The summed E-state index contributed by atoms with van der Waals surface area (Å²) in [7, 11) is 0. The first kappa shape index (κ1) is 21.2. The third kappa shape index (κ3) is 5.74. The average Bonchev–Trinajstić information content (AvgIpc) is 3.09. The van der Waals surface area contributed by atoms with E-state index in [0.717, 1.165) is 22.6 Å². The van der Waals surface area contributed by atoms with Gasteiger partial charge in [-0.2, -0.15) is 0 Å². The monoisotopic (exact) mass is 430 g/mol. The van der Waals surface area contributed by atoms with Gasteiger partial charge in [0.15, 0.2) is 11.0 Å². The Hall–Kier alpha value is -2.51. The number of nitrogens with zero attached hydrogens (tertiary/aromatic N) is 3. The predicted molar refractivity (Wildman–Crippen MR) is 117 cm³/mol. The van der Waals surface area contributed by atoms with Crippen LogP contribution >= 0.6 is 23.4 Å². The largest absolute Gasteiger partial charge is 0.486 e. The molecule has 29 heavy (non-hydrogen) atoms. The van der Waals surface area contributed by atoms with E-state index in [2.05, 4.69) is 15.5 Å². The molecule has 3 rings (SSSR count). The van der Waals surface area contributed by atoms with Crippen molar-refractivity contribution in [3.8, 4) is 5.75 Å². The zero-order valence-corrected chi connectivity index (χ0v) is 18.2. The Morgan fingerprint density at radius 1 is 1.21 bits per heavy atom. The summed E-state index contributed by atoms with van der Waals surface area (Å²) < 4.78 is 7.78. The fraction of sp³-hybridized carbons (Fsp3) is 0.286. The van der Waals surface area contributed by atoms with E-state index in [1.807, 2.05) is 67.8 Å². The normalized spacial score (nSPS) is 10.8. The van der Waals surface area contributed by atoms with Crippen molar-refractivity contribution in [2.75, 3.05) is 11.1 Å². The van der Waals surface area contributed by atoms with Crippen molar-refractivity contribution in [3.05, 3.63) is 64.4 Å².